The van der Waals surface area contributed by atoms with Crippen LogP contribution in [0.15, 0.2) is 103 Å². The monoisotopic (exact) mass is 302 g/mol. The van der Waals surface area contributed by atoms with Crippen molar-refractivity contribution >= 4 is 0 Å². The van der Waals surface area contributed by atoms with Gasteiger partial charge in [-0.25, -0.2) is 0 Å². The van der Waals surface area contributed by atoms with E-state index in [0.29, 0.717) is 0 Å². The molecule has 0 radical (unpaired) electrons. The molecule has 0 aliphatic heterocycles. The Morgan fingerprint density at radius 3 is 1.87 bits per heavy atom. The smallest absolute Gasteiger partial charge is 0.0484 e. The summed E-state index contributed by atoms with van der Waals surface area (Å²) in [6.07, 6.45) is 14.8. The zero-order valence-electron chi connectivity index (χ0n) is 13.0. The minimum atomic E-state index is -0.114. The highest BCUT2D eigenvalue weighted by molar-refractivity contribution is 5.63. The van der Waals surface area contributed by atoms with Gasteiger partial charge in [0.15, 0.2) is 0 Å². The fraction of sp³-hybridized carbons (Fsp3) is 0.0476. The summed E-state index contributed by atoms with van der Waals surface area (Å²) in [5.74, 6) is 0. The molecule has 0 aromatic heterocycles. The molecule has 0 heterocycles. The van der Waals surface area contributed by atoms with Crippen molar-refractivity contribution in [3.05, 3.63) is 109 Å². The van der Waals surface area contributed by atoms with E-state index >= 15 is 0 Å². The maximum absolute atomic E-state index is 6.18. The van der Waals surface area contributed by atoms with E-state index in [4.69, 9.17) is 11.5 Å². The summed E-state index contributed by atoms with van der Waals surface area (Å²) < 4.78 is 0. The minimum Gasteiger partial charge on any atom is -0.405 e. The molecule has 2 nitrogen and oxygen atoms in total. The molecule has 4 N–H and O–H groups in total. The Bertz CT molecular complexity index is 692. The molecule has 2 aromatic carbocycles. The second-order valence-corrected chi connectivity index (χ2v) is 5.05. The molecular formula is C21H22N2. The van der Waals surface area contributed by atoms with E-state index in [2.05, 4.69) is 36.4 Å². The number of hydrogen-bond donors (Lipinski definition) is 2. The highest BCUT2D eigenvalue weighted by Crippen LogP contribution is 2.21. The first-order valence-corrected chi connectivity index (χ1v) is 7.60. The van der Waals surface area contributed by atoms with Crippen molar-refractivity contribution in [2.45, 2.75) is 6.04 Å². The molecule has 116 valence electrons. The Balaban J connectivity index is 1.96. The molecule has 0 fully saturated rings. The maximum Gasteiger partial charge on any atom is 0.0484 e. The maximum atomic E-state index is 6.18. The summed E-state index contributed by atoms with van der Waals surface area (Å²) in [5.41, 5.74) is 14.9. The van der Waals surface area contributed by atoms with Gasteiger partial charge in [0, 0.05) is 6.04 Å². The third-order valence-corrected chi connectivity index (χ3v) is 3.39. The van der Waals surface area contributed by atoms with Crippen LogP contribution in [0.2, 0.25) is 0 Å². The number of nitrogens with two attached hydrogens (primary N) is 2. The normalized spacial score (nSPS) is 13.6. The SMILES string of the molecule is N\C=C/C=C\C=C\C=C\C(N)c1ccc(-c2ccccc2)cc1. The quantitative estimate of drug-likeness (QED) is 0.772. The van der Waals surface area contributed by atoms with Crippen LogP contribution in [-0.4, -0.2) is 0 Å². The Morgan fingerprint density at radius 1 is 0.652 bits per heavy atom. The van der Waals surface area contributed by atoms with Gasteiger partial charge in [0.1, 0.15) is 0 Å². The van der Waals surface area contributed by atoms with E-state index in [9.17, 15) is 0 Å². The van der Waals surface area contributed by atoms with Crippen LogP contribution in [-0.2, 0) is 0 Å². The lowest BCUT2D eigenvalue weighted by Gasteiger charge is -2.08. The minimum absolute atomic E-state index is 0.114. The topological polar surface area (TPSA) is 52.0 Å². The van der Waals surface area contributed by atoms with Crippen LogP contribution in [0.3, 0.4) is 0 Å². The van der Waals surface area contributed by atoms with Gasteiger partial charge in [-0.2, -0.15) is 0 Å². The van der Waals surface area contributed by atoms with Gasteiger partial charge in [0.2, 0.25) is 0 Å². The van der Waals surface area contributed by atoms with Gasteiger partial charge < -0.3 is 11.5 Å². The predicted molar refractivity (Wildman–Crippen MR) is 99.6 cm³/mol. The molecule has 0 aliphatic rings. The molecule has 0 aliphatic carbocycles. The number of allylic oxidation sites excluding steroid dienone is 6. The second-order valence-electron chi connectivity index (χ2n) is 5.05. The molecule has 0 saturated heterocycles. The first kappa shape index (κ1) is 16.5. The van der Waals surface area contributed by atoms with Crippen LogP contribution in [0.1, 0.15) is 11.6 Å². The summed E-state index contributed by atoms with van der Waals surface area (Å²) in [5, 5.41) is 0. The summed E-state index contributed by atoms with van der Waals surface area (Å²) >= 11 is 0. The second kappa shape index (κ2) is 9.23. The Morgan fingerprint density at radius 2 is 1.22 bits per heavy atom. The fourth-order valence-electron chi connectivity index (χ4n) is 2.14. The molecule has 2 rings (SSSR count). The van der Waals surface area contributed by atoms with Crippen molar-refractivity contribution in [1.82, 2.24) is 0 Å². The van der Waals surface area contributed by atoms with E-state index in [0.717, 1.165) is 5.56 Å². The van der Waals surface area contributed by atoms with E-state index in [-0.39, 0.29) is 6.04 Å². The van der Waals surface area contributed by atoms with Crippen LogP contribution >= 0.6 is 0 Å². The van der Waals surface area contributed by atoms with E-state index in [1.165, 1.54) is 17.3 Å². The molecule has 0 saturated carbocycles. The molecule has 1 atom stereocenters. The van der Waals surface area contributed by atoms with Crippen LogP contribution in [0.25, 0.3) is 11.1 Å². The van der Waals surface area contributed by atoms with Crippen LogP contribution < -0.4 is 11.5 Å². The van der Waals surface area contributed by atoms with Crippen molar-refractivity contribution in [1.29, 1.82) is 0 Å². The van der Waals surface area contributed by atoms with Crippen molar-refractivity contribution < 1.29 is 0 Å². The lowest BCUT2D eigenvalue weighted by molar-refractivity contribution is 0.912. The molecular weight excluding hydrogens is 280 g/mol. The van der Waals surface area contributed by atoms with E-state index in [1.807, 2.05) is 54.7 Å². The van der Waals surface area contributed by atoms with Crippen molar-refractivity contribution in [3.63, 3.8) is 0 Å². The van der Waals surface area contributed by atoms with Crippen LogP contribution in [0, 0.1) is 0 Å². The fourth-order valence-corrected chi connectivity index (χ4v) is 2.14. The largest absolute Gasteiger partial charge is 0.405 e. The first-order chi connectivity index (χ1) is 11.3. The highest BCUT2D eigenvalue weighted by atomic mass is 14.6. The van der Waals surface area contributed by atoms with E-state index in [1.54, 1.807) is 6.08 Å². The van der Waals surface area contributed by atoms with Gasteiger partial charge in [-0.1, -0.05) is 91.1 Å². The van der Waals surface area contributed by atoms with E-state index < -0.39 is 0 Å². The Kier molecular flexibility index (Phi) is 6.64. The van der Waals surface area contributed by atoms with Gasteiger partial charge in [-0.05, 0) is 29.0 Å². The van der Waals surface area contributed by atoms with Crippen molar-refractivity contribution in [2.75, 3.05) is 0 Å². The summed E-state index contributed by atoms with van der Waals surface area (Å²) in [6, 6.07) is 18.6. The summed E-state index contributed by atoms with van der Waals surface area (Å²) in [6.45, 7) is 0. The zero-order chi connectivity index (χ0) is 16.3. The van der Waals surface area contributed by atoms with Crippen LogP contribution in [0.5, 0.6) is 0 Å². The molecule has 0 spiro atoms. The standard InChI is InChI=1S/C21H22N2/c22-17-9-4-2-1-3-8-12-21(23)20-15-13-19(14-16-20)18-10-6-5-7-11-18/h1-17,21H,22-23H2/b3-1+,4-2-,12-8+,17-9-. The molecule has 0 amide bonds. The van der Waals surface area contributed by atoms with Gasteiger partial charge >= 0.3 is 0 Å². The average Bonchev–Trinajstić information content (AvgIpc) is 2.61. The third kappa shape index (κ3) is 5.46. The Hall–Kier alpha value is -2.84. The highest BCUT2D eigenvalue weighted by Gasteiger charge is 2.02. The first-order valence-electron chi connectivity index (χ1n) is 7.60. The zero-order valence-corrected chi connectivity index (χ0v) is 13.0. The molecule has 0 bridgehead atoms. The van der Waals surface area contributed by atoms with Crippen molar-refractivity contribution in [3.8, 4) is 11.1 Å². The van der Waals surface area contributed by atoms with Crippen molar-refractivity contribution in [2.24, 2.45) is 11.5 Å². The number of hydrogen-bond acceptors (Lipinski definition) is 2. The van der Waals surface area contributed by atoms with Gasteiger partial charge in [-0.3, -0.25) is 0 Å². The average molecular weight is 302 g/mol. The molecule has 2 heteroatoms. The van der Waals surface area contributed by atoms with Gasteiger partial charge in [-0.15, -0.1) is 0 Å². The Labute approximate surface area is 138 Å². The molecule has 23 heavy (non-hydrogen) atoms. The predicted octanol–water partition coefficient (Wildman–Crippen LogP) is 4.49. The number of rotatable bonds is 6. The van der Waals surface area contributed by atoms with Gasteiger partial charge in [0.25, 0.3) is 0 Å². The third-order valence-electron chi connectivity index (χ3n) is 3.39. The van der Waals surface area contributed by atoms with Crippen LogP contribution in [0.4, 0.5) is 0 Å². The summed E-state index contributed by atoms with van der Waals surface area (Å²) in [7, 11) is 0. The van der Waals surface area contributed by atoms with Gasteiger partial charge in [0.05, 0.1) is 0 Å². The molecule has 1 unspecified atom stereocenters. The summed E-state index contributed by atoms with van der Waals surface area (Å²) in [4.78, 5) is 0. The lowest BCUT2D eigenvalue weighted by Crippen LogP contribution is -2.06. The molecule has 2 aromatic rings. The lowest BCUT2D eigenvalue weighted by atomic mass is 10.0. The number of benzene rings is 2.